The van der Waals surface area contributed by atoms with Gasteiger partial charge in [-0.15, -0.1) is 0 Å². The van der Waals surface area contributed by atoms with Crippen molar-refractivity contribution in [3.8, 4) is 0 Å². The lowest BCUT2D eigenvalue weighted by atomic mass is 10.4. The van der Waals surface area contributed by atoms with Gasteiger partial charge in [0.25, 0.3) is 0 Å². The van der Waals surface area contributed by atoms with E-state index in [1.165, 1.54) is 0 Å². The summed E-state index contributed by atoms with van der Waals surface area (Å²) in [4.78, 5) is 10.3. The van der Waals surface area contributed by atoms with Gasteiger partial charge in [-0.1, -0.05) is 0 Å². The highest BCUT2D eigenvalue weighted by molar-refractivity contribution is 5.70. The molecule has 1 rings (SSSR count). The molecule has 0 unspecified atom stereocenters. The monoisotopic (exact) mass is 212 g/mol. The second kappa shape index (κ2) is 6.37. The Balaban J connectivity index is 2.12. The Morgan fingerprint density at radius 2 is 2.20 bits per heavy atom. The predicted molar refractivity (Wildman–Crippen MR) is 54.8 cm³/mol. The molecule has 0 spiro atoms. The Bertz CT molecular complexity index is 291. The smallest absolute Gasteiger partial charge is 0.185 e. The van der Waals surface area contributed by atoms with E-state index in [1.807, 2.05) is 13.8 Å². The summed E-state index contributed by atoms with van der Waals surface area (Å²) in [5, 5.41) is 0. The third-order valence-corrected chi connectivity index (χ3v) is 1.72. The van der Waals surface area contributed by atoms with Crippen LogP contribution in [0.1, 0.15) is 30.2 Å². The zero-order chi connectivity index (χ0) is 11.1. The maximum Gasteiger partial charge on any atom is 0.185 e. The Labute approximate surface area is 89.2 Å². The number of aldehydes is 1. The number of carbonyl (C=O) groups excluding carboxylic acids is 1. The third kappa shape index (κ3) is 4.76. The van der Waals surface area contributed by atoms with Crippen LogP contribution in [-0.2, 0) is 16.1 Å². The average molecular weight is 212 g/mol. The molecular formula is C11H16O4. The minimum absolute atomic E-state index is 0.221. The molecule has 1 heterocycles. The lowest BCUT2D eigenvalue weighted by Gasteiger charge is -2.06. The predicted octanol–water partition coefficient (Wildman–Crippen LogP) is 2.03. The average Bonchev–Trinajstić information content (AvgIpc) is 2.65. The first-order valence-corrected chi connectivity index (χ1v) is 4.95. The van der Waals surface area contributed by atoms with Crippen LogP contribution < -0.4 is 0 Å². The number of furan rings is 1. The summed E-state index contributed by atoms with van der Waals surface area (Å²) < 4.78 is 15.7. The SMILES string of the molecule is CC(C)OCCOCc1ccc(C=O)o1. The highest BCUT2D eigenvalue weighted by atomic mass is 16.5. The van der Waals surface area contributed by atoms with Crippen LogP contribution in [0.25, 0.3) is 0 Å². The molecule has 0 aliphatic carbocycles. The first-order valence-electron chi connectivity index (χ1n) is 4.95. The number of hydrogen-bond acceptors (Lipinski definition) is 4. The van der Waals surface area contributed by atoms with Gasteiger partial charge in [0.15, 0.2) is 12.0 Å². The van der Waals surface area contributed by atoms with Crippen molar-refractivity contribution in [3.05, 3.63) is 23.7 Å². The van der Waals surface area contributed by atoms with Crippen molar-refractivity contribution in [2.45, 2.75) is 26.6 Å². The molecule has 0 N–H and O–H groups in total. The Kier molecular flexibility index (Phi) is 5.07. The van der Waals surface area contributed by atoms with Gasteiger partial charge in [-0.2, -0.15) is 0 Å². The Morgan fingerprint density at radius 1 is 1.40 bits per heavy atom. The quantitative estimate of drug-likeness (QED) is 0.512. The van der Waals surface area contributed by atoms with Gasteiger partial charge in [0.05, 0.1) is 19.3 Å². The molecule has 15 heavy (non-hydrogen) atoms. The number of carbonyl (C=O) groups is 1. The van der Waals surface area contributed by atoms with Crippen molar-refractivity contribution in [2.75, 3.05) is 13.2 Å². The van der Waals surface area contributed by atoms with Crippen LogP contribution in [0, 0.1) is 0 Å². The maximum atomic E-state index is 10.3. The van der Waals surface area contributed by atoms with Gasteiger partial charge in [0.1, 0.15) is 12.4 Å². The molecule has 1 aromatic rings. The van der Waals surface area contributed by atoms with Crippen molar-refractivity contribution < 1.29 is 18.7 Å². The molecule has 0 aromatic carbocycles. The molecule has 0 fully saturated rings. The molecule has 0 atom stereocenters. The van der Waals surface area contributed by atoms with Gasteiger partial charge < -0.3 is 13.9 Å². The van der Waals surface area contributed by atoms with Gasteiger partial charge in [-0.3, -0.25) is 4.79 Å². The van der Waals surface area contributed by atoms with Gasteiger partial charge in [-0.05, 0) is 26.0 Å². The van der Waals surface area contributed by atoms with E-state index < -0.39 is 0 Å². The molecule has 4 heteroatoms. The summed E-state index contributed by atoms with van der Waals surface area (Å²) in [6.07, 6.45) is 0.893. The molecule has 0 amide bonds. The molecular weight excluding hydrogens is 196 g/mol. The molecule has 84 valence electrons. The summed E-state index contributed by atoms with van der Waals surface area (Å²) in [5.41, 5.74) is 0. The van der Waals surface area contributed by atoms with Gasteiger partial charge in [0, 0.05) is 0 Å². The van der Waals surface area contributed by atoms with E-state index in [0.717, 1.165) is 0 Å². The van der Waals surface area contributed by atoms with E-state index >= 15 is 0 Å². The zero-order valence-corrected chi connectivity index (χ0v) is 9.06. The van der Waals surface area contributed by atoms with Crippen molar-refractivity contribution in [2.24, 2.45) is 0 Å². The zero-order valence-electron chi connectivity index (χ0n) is 9.06. The number of ether oxygens (including phenoxy) is 2. The lowest BCUT2D eigenvalue weighted by Crippen LogP contribution is -2.09. The molecule has 0 radical (unpaired) electrons. The highest BCUT2D eigenvalue weighted by Gasteiger charge is 2.00. The molecule has 0 aliphatic heterocycles. The normalized spacial score (nSPS) is 10.9. The topological polar surface area (TPSA) is 48.7 Å². The molecule has 0 bridgehead atoms. The second-order valence-corrected chi connectivity index (χ2v) is 3.39. The van der Waals surface area contributed by atoms with Crippen molar-refractivity contribution in [1.29, 1.82) is 0 Å². The lowest BCUT2D eigenvalue weighted by molar-refractivity contribution is 0.0102. The fourth-order valence-corrected chi connectivity index (χ4v) is 1.05. The fourth-order valence-electron chi connectivity index (χ4n) is 1.05. The van der Waals surface area contributed by atoms with Gasteiger partial charge in [-0.25, -0.2) is 0 Å². The van der Waals surface area contributed by atoms with E-state index in [2.05, 4.69) is 0 Å². The first-order chi connectivity index (χ1) is 7.22. The van der Waals surface area contributed by atoms with Crippen molar-refractivity contribution >= 4 is 6.29 Å². The van der Waals surface area contributed by atoms with E-state index in [4.69, 9.17) is 13.9 Å². The standard InChI is InChI=1S/C11H16O4/c1-9(2)14-6-5-13-8-11-4-3-10(7-12)15-11/h3-4,7,9H,5-6,8H2,1-2H3. The summed E-state index contributed by atoms with van der Waals surface area (Å²) in [6, 6.07) is 3.35. The van der Waals surface area contributed by atoms with E-state index in [0.29, 0.717) is 37.6 Å². The Hall–Kier alpha value is -1.13. The maximum absolute atomic E-state index is 10.3. The van der Waals surface area contributed by atoms with Crippen LogP contribution >= 0.6 is 0 Å². The largest absolute Gasteiger partial charge is 0.456 e. The fraction of sp³-hybridized carbons (Fsp3) is 0.545. The van der Waals surface area contributed by atoms with Crippen LogP contribution in [0.2, 0.25) is 0 Å². The van der Waals surface area contributed by atoms with E-state index in [-0.39, 0.29) is 6.10 Å². The van der Waals surface area contributed by atoms with Gasteiger partial charge >= 0.3 is 0 Å². The summed E-state index contributed by atoms with van der Waals surface area (Å²) >= 11 is 0. The molecule has 4 nitrogen and oxygen atoms in total. The van der Waals surface area contributed by atoms with Crippen LogP contribution in [0.4, 0.5) is 0 Å². The van der Waals surface area contributed by atoms with Crippen molar-refractivity contribution in [3.63, 3.8) is 0 Å². The molecule has 0 aliphatic rings. The van der Waals surface area contributed by atoms with Crippen LogP contribution in [0.5, 0.6) is 0 Å². The van der Waals surface area contributed by atoms with E-state index in [9.17, 15) is 4.79 Å². The minimum atomic E-state index is 0.221. The van der Waals surface area contributed by atoms with Crippen LogP contribution in [0.15, 0.2) is 16.5 Å². The third-order valence-electron chi connectivity index (χ3n) is 1.72. The minimum Gasteiger partial charge on any atom is -0.456 e. The number of rotatable bonds is 7. The second-order valence-electron chi connectivity index (χ2n) is 3.39. The number of hydrogen-bond donors (Lipinski definition) is 0. The molecule has 0 saturated carbocycles. The molecule has 1 aromatic heterocycles. The van der Waals surface area contributed by atoms with Gasteiger partial charge in [0.2, 0.25) is 0 Å². The Morgan fingerprint density at radius 3 is 2.80 bits per heavy atom. The van der Waals surface area contributed by atoms with Crippen molar-refractivity contribution in [1.82, 2.24) is 0 Å². The summed E-state index contributed by atoms with van der Waals surface area (Å²) in [5.74, 6) is 0.980. The first kappa shape index (κ1) is 11.9. The molecule has 0 saturated heterocycles. The summed E-state index contributed by atoms with van der Waals surface area (Å²) in [7, 11) is 0. The highest BCUT2D eigenvalue weighted by Crippen LogP contribution is 2.06. The van der Waals surface area contributed by atoms with Crippen LogP contribution in [0.3, 0.4) is 0 Å². The summed E-state index contributed by atoms with van der Waals surface area (Å²) in [6.45, 7) is 5.41. The van der Waals surface area contributed by atoms with Crippen LogP contribution in [-0.4, -0.2) is 25.6 Å². The van der Waals surface area contributed by atoms with E-state index in [1.54, 1.807) is 12.1 Å².